The average Bonchev–Trinajstić information content (AvgIpc) is 3.29. The fourth-order valence-corrected chi connectivity index (χ4v) is 2.91. The maximum absolute atomic E-state index is 6.00. The molecule has 26 heavy (non-hydrogen) atoms. The van der Waals surface area contributed by atoms with E-state index < -0.39 is 0 Å². The van der Waals surface area contributed by atoms with E-state index in [0.717, 1.165) is 45.2 Å². The van der Waals surface area contributed by atoms with Gasteiger partial charge >= 0.3 is 0 Å². The predicted molar refractivity (Wildman–Crippen MR) is 102 cm³/mol. The van der Waals surface area contributed by atoms with Gasteiger partial charge in [0.1, 0.15) is 17.3 Å². The van der Waals surface area contributed by atoms with E-state index in [1.807, 2.05) is 73.7 Å². The van der Waals surface area contributed by atoms with Gasteiger partial charge in [0.2, 0.25) is 0 Å². The second-order valence-corrected chi connectivity index (χ2v) is 6.11. The number of H-pyrrole nitrogens is 1. The Morgan fingerprint density at radius 3 is 2.85 bits per heavy atom. The molecule has 0 bridgehead atoms. The Balaban J connectivity index is 1.61. The predicted octanol–water partition coefficient (Wildman–Crippen LogP) is 4.14. The summed E-state index contributed by atoms with van der Waals surface area (Å²) in [5.74, 6) is 2.46. The molecule has 0 unspecified atom stereocenters. The number of allylic oxidation sites excluding steroid dienone is 1. The number of para-hydroxylation sites is 2. The quantitative estimate of drug-likeness (QED) is 0.421. The van der Waals surface area contributed by atoms with Crippen LogP contribution in [0, 0.1) is 0 Å². The Morgan fingerprint density at radius 2 is 2.00 bits per heavy atom. The number of rotatable bonds is 5. The van der Waals surface area contributed by atoms with Crippen molar-refractivity contribution < 1.29 is 14.7 Å². The molecule has 3 N–H and O–H groups in total. The highest BCUT2D eigenvalue weighted by Crippen LogP contribution is 2.26. The molecule has 0 aliphatic rings. The van der Waals surface area contributed by atoms with Crippen molar-refractivity contribution >= 4 is 28.4 Å². The molecule has 2 aromatic heterocycles. The zero-order valence-corrected chi connectivity index (χ0v) is 14.7. The molecule has 0 aliphatic heterocycles. The van der Waals surface area contributed by atoms with Crippen LogP contribution in [0.5, 0.6) is 0 Å². The van der Waals surface area contributed by atoms with E-state index in [-0.39, 0.29) is 0 Å². The van der Waals surface area contributed by atoms with Crippen molar-refractivity contribution in [1.82, 2.24) is 9.97 Å². The molecular formula is C21H20N3O2+. The van der Waals surface area contributed by atoms with Gasteiger partial charge in [0.05, 0.1) is 18.1 Å². The molecule has 0 radical (unpaired) electrons. The van der Waals surface area contributed by atoms with Crippen molar-refractivity contribution in [2.75, 3.05) is 7.11 Å². The minimum Gasteiger partial charge on any atom is -0.457 e. The Labute approximate surface area is 151 Å². The van der Waals surface area contributed by atoms with Crippen molar-refractivity contribution in [1.29, 1.82) is 0 Å². The third-order valence-electron chi connectivity index (χ3n) is 4.17. The molecule has 0 spiro atoms. The maximum Gasteiger partial charge on any atom is 0.162 e. The van der Waals surface area contributed by atoms with Crippen LogP contribution in [0.2, 0.25) is 0 Å². The highest BCUT2D eigenvalue weighted by Gasteiger charge is 2.08. The number of aromatic nitrogens is 2. The van der Waals surface area contributed by atoms with Gasteiger partial charge in [-0.3, -0.25) is 0 Å². The van der Waals surface area contributed by atoms with Crippen LogP contribution in [0.15, 0.2) is 65.1 Å². The first-order valence-electron chi connectivity index (χ1n) is 8.42. The van der Waals surface area contributed by atoms with Gasteiger partial charge < -0.3 is 9.40 Å². The molecule has 0 saturated heterocycles. The lowest BCUT2D eigenvalue weighted by molar-refractivity contribution is -0.830. The monoisotopic (exact) mass is 346 g/mol. The molecule has 0 amide bonds. The fourth-order valence-electron chi connectivity index (χ4n) is 2.91. The summed E-state index contributed by atoms with van der Waals surface area (Å²) in [5.41, 5.74) is 6.72. The lowest BCUT2D eigenvalue weighted by atomic mass is 10.1. The number of fused-ring (bicyclic) bond motifs is 1. The lowest BCUT2D eigenvalue weighted by Crippen LogP contribution is -2.75. The summed E-state index contributed by atoms with van der Waals surface area (Å²) in [6, 6.07) is 20.0. The SMILES string of the molecule is CO[NH2+]c1cccc(-c2ccc(/C=C(\C)c3nc4ccccc4[nH]3)o2)c1. The Morgan fingerprint density at radius 1 is 1.12 bits per heavy atom. The Kier molecular flexibility index (Phi) is 4.39. The number of quaternary nitrogens is 1. The highest BCUT2D eigenvalue weighted by molar-refractivity contribution is 5.83. The fraction of sp³-hybridized carbons (Fsp3) is 0.0952. The van der Waals surface area contributed by atoms with Gasteiger partial charge in [0.25, 0.3) is 0 Å². The molecule has 130 valence electrons. The highest BCUT2D eigenvalue weighted by atomic mass is 16.6. The summed E-state index contributed by atoms with van der Waals surface area (Å²) in [6.45, 7) is 2.02. The molecule has 0 fully saturated rings. The van der Waals surface area contributed by atoms with E-state index in [9.17, 15) is 0 Å². The van der Waals surface area contributed by atoms with Crippen LogP contribution in [0.3, 0.4) is 0 Å². The van der Waals surface area contributed by atoms with Crippen LogP contribution >= 0.6 is 0 Å². The average molecular weight is 346 g/mol. The molecule has 0 atom stereocenters. The van der Waals surface area contributed by atoms with Gasteiger partial charge in [0, 0.05) is 17.7 Å². The zero-order valence-electron chi connectivity index (χ0n) is 14.7. The van der Waals surface area contributed by atoms with Gasteiger partial charge in [-0.1, -0.05) is 24.3 Å². The topological polar surface area (TPSA) is 67.7 Å². The van der Waals surface area contributed by atoms with Crippen molar-refractivity contribution in [2.45, 2.75) is 6.92 Å². The smallest absolute Gasteiger partial charge is 0.162 e. The number of aromatic amines is 1. The zero-order chi connectivity index (χ0) is 17.9. The molecular weight excluding hydrogens is 326 g/mol. The normalized spacial score (nSPS) is 12.0. The van der Waals surface area contributed by atoms with Crippen LogP contribution in [-0.2, 0) is 4.84 Å². The van der Waals surface area contributed by atoms with Crippen LogP contribution in [0.25, 0.3) is 34.0 Å². The number of imidazole rings is 1. The molecule has 0 saturated carbocycles. The molecule has 2 heterocycles. The van der Waals surface area contributed by atoms with Gasteiger partial charge in [-0.05, 0) is 42.8 Å². The summed E-state index contributed by atoms with van der Waals surface area (Å²) >= 11 is 0. The number of hydrogen-bond acceptors (Lipinski definition) is 3. The van der Waals surface area contributed by atoms with Gasteiger partial charge in [-0.2, -0.15) is 5.48 Å². The second kappa shape index (κ2) is 7.00. The molecule has 5 nitrogen and oxygen atoms in total. The summed E-state index contributed by atoms with van der Waals surface area (Å²) < 4.78 is 6.00. The molecule has 0 aliphatic carbocycles. The first-order valence-corrected chi connectivity index (χ1v) is 8.42. The Hall–Kier alpha value is -3.15. The van der Waals surface area contributed by atoms with E-state index in [0.29, 0.717) is 0 Å². The van der Waals surface area contributed by atoms with Crippen molar-refractivity contribution in [2.24, 2.45) is 0 Å². The van der Waals surface area contributed by atoms with Crippen molar-refractivity contribution in [3.05, 3.63) is 72.2 Å². The third-order valence-corrected chi connectivity index (χ3v) is 4.17. The third kappa shape index (κ3) is 3.31. The molecule has 5 heteroatoms. The number of nitrogens with zero attached hydrogens (tertiary/aromatic N) is 1. The van der Waals surface area contributed by atoms with Crippen LogP contribution < -0.4 is 5.48 Å². The van der Waals surface area contributed by atoms with E-state index in [2.05, 4.69) is 9.97 Å². The lowest BCUT2D eigenvalue weighted by Gasteiger charge is -2.00. The van der Waals surface area contributed by atoms with Crippen LogP contribution in [0.4, 0.5) is 5.69 Å². The number of nitrogens with one attached hydrogen (secondary N) is 1. The van der Waals surface area contributed by atoms with E-state index in [1.54, 1.807) is 12.6 Å². The second-order valence-electron chi connectivity index (χ2n) is 6.11. The number of furan rings is 1. The van der Waals surface area contributed by atoms with Crippen LogP contribution in [0.1, 0.15) is 18.5 Å². The van der Waals surface area contributed by atoms with Gasteiger partial charge in [-0.25, -0.2) is 9.82 Å². The van der Waals surface area contributed by atoms with E-state index in [4.69, 9.17) is 9.25 Å². The van der Waals surface area contributed by atoms with E-state index >= 15 is 0 Å². The number of nitrogens with two attached hydrogens (primary N) is 1. The summed E-state index contributed by atoms with van der Waals surface area (Å²) in [5, 5.41) is 0. The largest absolute Gasteiger partial charge is 0.457 e. The first-order chi connectivity index (χ1) is 12.7. The minimum atomic E-state index is 0.791. The maximum atomic E-state index is 6.00. The van der Waals surface area contributed by atoms with Crippen molar-refractivity contribution in [3.63, 3.8) is 0 Å². The first kappa shape index (κ1) is 16.3. The van der Waals surface area contributed by atoms with Crippen molar-refractivity contribution in [3.8, 4) is 11.3 Å². The van der Waals surface area contributed by atoms with Gasteiger partial charge in [0.15, 0.2) is 5.69 Å². The van der Waals surface area contributed by atoms with Gasteiger partial charge in [-0.15, -0.1) is 0 Å². The Bertz CT molecular complexity index is 1040. The standard InChI is InChI=1S/C21H19N3O2/c1-14(21-22-18-8-3-4-9-19(18)23-21)12-17-10-11-20(26-17)15-6-5-7-16(13-15)24-25-2/h3-13,24H,1-2H3,(H,22,23)/p+1/b14-12+. The number of hydrogen-bond donors (Lipinski definition) is 2. The number of benzene rings is 2. The summed E-state index contributed by atoms with van der Waals surface area (Å²) in [6.07, 6.45) is 1.99. The molecule has 4 rings (SSSR count). The van der Waals surface area contributed by atoms with E-state index in [1.165, 1.54) is 0 Å². The summed E-state index contributed by atoms with van der Waals surface area (Å²) in [7, 11) is 1.64. The minimum absolute atomic E-state index is 0.791. The summed E-state index contributed by atoms with van der Waals surface area (Å²) in [4.78, 5) is 13.0. The molecule has 4 aromatic rings. The van der Waals surface area contributed by atoms with Crippen LogP contribution in [-0.4, -0.2) is 17.1 Å². The molecule has 2 aromatic carbocycles.